The summed E-state index contributed by atoms with van der Waals surface area (Å²) in [4.78, 5) is 36.0. The number of hydrogen-bond donors (Lipinski definition) is 3. The minimum atomic E-state index is -1.16. The molecule has 2 aliphatic rings. The van der Waals surface area contributed by atoms with Gasteiger partial charge in [0.05, 0.1) is 6.61 Å². The molecule has 2 amide bonds. The quantitative estimate of drug-likeness (QED) is 0.714. The third kappa shape index (κ3) is 3.83. The molecule has 0 bridgehead atoms. The van der Waals surface area contributed by atoms with E-state index in [9.17, 15) is 19.5 Å². The molecule has 1 aliphatic heterocycles. The number of carbonyl (C=O) groups is 3. The Bertz CT molecular complexity index is 934. The van der Waals surface area contributed by atoms with E-state index in [1.54, 1.807) is 42.5 Å². The molecular formula is C21H20N2O5. The second-order valence-electron chi connectivity index (χ2n) is 7.05. The maximum absolute atomic E-state index is 12.5. The van der Waals surface area contributed by atoms with Crippen molar-refractivity contribution in [2.45, 2.75) is 25.3 Å². The van der Waals surface area contributed by atoms with Crippen LogP contribution in [0.1, 0.15) is 40.4 Å². The van der Waals surface area contributed by atoms with Crippen LogP contribution in [0, 0.1) is 5.92 Å². The van der Waals surface area contributed by atoms with Crippen LogP contribution in [0.15, 0.2) is 42.5 Å². The van der Waals surface area contributed by atoms with Gasteiger partial charge < -0.3 is 20.5 Å². The van der Waals surface area contributed by atoms with Gasteiger partial charge in [0.15, 0.2) is 6.04 Å². The molecule has 1 heterocycles. The molecule has 4 rings (SSSR count). The van der Waals surface area contributed by atoms with Gasteiger partial charge in [-0.15, -0.1) is 0 Å². The second-order valence-corrected chi connectivity index (χ2v) is 7.05. The lowest BCUT2D eigenvalue weighted by Gasteiger charge is -2.16. The number of amides is 2. The molecule has 1 fully saturated rings. The maximum Gasteiger partial charge on any atom is 0.330 e. The summed E-state index contributed by atoms with van der Waals surface area (Å²) in [5.74, 6) is -0.798. The van der Waals surface area contributed by atoms with Crippen molar-refractivity contribution in [2.75, 3.05) is 11.9 Å². The number of benzene rings is 2. The summed E-state index contributed by atoms with van der Waals surface area (Å²) in [5, 5.41) is 14.9. The number of carboxylic acid groups (broad SMARTS) is 1. The monoisotopic (exact) mass is 380 g/mol. The fraction of sp³-hybridized carbons (Fsp3) is 0.286. The fourth-order valence-electron chi connectivity index (χ4n) is 3.18. The van der Waals surface area contributed by atoms with Crippen molar-refractivity contribution in [3.05, 3.63) is 59.2 Å². The van der Waals surface area contributed by atoms with Gasteiger partial charge in [-0.3, -0.25) is 9.59 Å². The first-order valence-corrected chi connectivity index (χ1v) is 9.21. The molecule has 1 aliphatic carbocycles. The highest BCUT2D eigenvalue weighted by atomic mass is 16.5. The number of rotatable bonds is 6. The lowest BCUT2D eigenvalue weighted by molar-refractivity contribution is -0.139. The SMILES string of the molecule is O=C(NC(C(=O)O)c1ccc2c(c1)CCO2)c1ccc(NC(=O)C2CC2)cc1. The van der Waals surface area contributed by atoms with Gasteiger partial charge in [0.2, 0.25) is 5.91 Å². The average Bonchev–Trinajstić information content (AvgIpc) is 3.44. The highest BCUT2D eigenvalue weighted by molar-refractivity contribution is 5.98. The Morgan fingerprint density at radius 2 is 1.82 bits per heavy atom. The van der Waals surface area contributed by atoms with Crippen molar-refractivity contribution < 1.29 is 24.2 Å². The predicted molar refractivity (Wildman–Crippen MR) is 101 cm³/mol. The Balaban J connectivity index is 1.45. The molecule has 0 spiro atoms. The van der Waals surface area contributed by atoms with Gasteiger partial charge in [-0.05, 0) is 60.4 Å². The Kier molecular flexibility index (Phi) is 4.73. The van der Waals surface area contributed by atoms with Crippen molar-refractivity contribution in [1.29, 1.82) is 0 Å². The van der Waals surface area contributed by atoms with E-state index in [1.807, 2.05) is 0 Å². The third-order valence-electron chi connectivity index (χ3n) is 4.93. The van der Waals surface area contributed by atoms with Gasteiger partial charge in [0, 0.05) is 23.6 Å². The fourth-order valence-corrected chi connectivity index (χ4v) is 3.18. The van der Waals surface area contributed by atoms with E-state index in [-0.39, 0.29) is 11.8 Å². The average molecular weight is 380 g/mol. The van der Waals surface area contributed by atoms with Crippen LogP contribution in [0.2, 0.25) is 0 Å². The van der Waals surface area contributed by atoms with Gasteiger partial charge in [0.1, 0.15) is 5.75 Å². The van der Waals surface area contributed by atoms with Crippen LogP contribution >= 0.6 is 0 Å². The Hall–Kier alpha value is -3.35. The summed E-state index contributed by atoms with van der Waals surface area (Å²) in [5.41, 5.74) is 2.37. The Morgan fingerprint density at radius 3 is 2.50 bits per heavy atom. The van der Waals surface area contributed by atoms with Crippen molar-refractivity contribution in [3.8, 4) is 5.75 Å². The number of nitrogens with one attached hydrogen (secondary N) is 2. The number of ether oxygens (including phenoxy) is 1. The molecule has 2 aromatic carbocycles. The molecule has 1 saturated carbocycles. The summed E-state index contributed by atoms with van der Waals surface area (Å²) >= 11 is 0. The lowest BCUT2D eigenvalue weighted by atomic mass is 10.0. The number of aliphatic carboxylic acids is 1. The zero-order valence-corrected chi connectivity index (χ0v) is 15.1. The van der Waals surface area contributed by atoms with Gasteiger partial charge in [-0.2, -0.15) is 0 Å². The minimum absolute atomic E-state index is 0.0104. The van der Waals surface area contributed by atoms with Crippen LogP contribution < -0.4 is 15.4 Å². The standard InChI is InChI=1S/C21H20N2O5/c24-19(12-1-2-12)22-16-6-3-13(4-7-16)20(25)23-18(21(26)27)15-5-8-17-14(11-15)9-10-28-17/h3-8,11-12,18H,1-2,9-10H2,(H,22,24)(H,23,25)(H,26,27). The zero-order valence-electron chi connectivity index (χ0n) is 15.1. The molecule has 0 aromatic heterocycles. The Labute approximate surface area is 161 Å². The lowest BCUT2D eigenvalue weighted by Crippen LogP contribution is -2.33. The van der Waals surface area contributed by atoms with E-state index < -0.39 is 17.9 Å². The first kappa shape index (κ1) is 18.0. The van der Waals surface area contributed by atoms with E-state index in [0.717, 1.165) is 30.6 Å². The molecule has 7 nitrogen and oxygen atoms in total. The van der Waals surface area contributed by atoms with Crippen molar-refractivity contribution in [3.63, 3.8) is 0 Å². The first-order valence-electron chi connectivity index (χ1n) is 9.21. The number of fused-ring (bicyclic) bond motifs is 1. The molecule has 0 radical (unpaired) electrons. The summed E-state index contributed by atoms with van der Waals surface area (Å²) in [7, 11) is 0. The Morgan fingerprint density at radius 1 is 1.07 bits per heavy atom. The molecule has 28 heavy (non-hydrogen) atoms. The molecule has 0 saturated heterocycles. The number of hydrogen-bond acceptors (Lipinski definition) is 4. The normalized spacial score (nSPS) is 15.9. The van der Waals surface area contributed by atoms with Crippen LogP contribution in [0.3, 0.4) is 0 Å². The number of carboxylic acids is 1. The van der Waals surface area contributed by atoms with Gasteiger partial charge >= 0.3 is 5.97 Å². The van der Waals surface area contributed by atoms with Gasteiger partial charge in [-0.1, -0.05) is 6.07 Å². The summed E-state index contributed by atoms with van der Waals surface area (Å²) in [6.45, 7) is 0.576. The van der Waals surface area contributed by atoms with Gasteiger partial charge in [0.25, 0.3) is 5.91 Å². The summed E-state index contributed by atoms with van der Waals surface area (Å²) in [6.07, 6.45) is 2.55. The van der Waals surface area contributed by atoms with Crippen LogP contribution in [-0.4, -0.2) is 29.5 Å². The smallest absolute Gasteiger partial charge is 0.330 e. The predicted octanol–water partition coefficient (Wildman–Crippen LogP) is 2.53. The van der Waals surface area contributed by atoms with E-state index in [1.165, 1.54) is 0 Å². The topological polar surface area (TPSA) is 105 Å². The van der Waals surface area contributed by atoms with E-state index in [4.69, 9.17) is 4.74 Å². The number of anilines is 1. The molecular weight excluding hydrogens is 360 g/mol. The van der Waals surface area contributed by atoms with Crippen molar-refractivity contribution in [2.24, 2.45) is 5.92 Å². The molecule has 3 N–H and O–H groups in total. The van der Waals surface area contributed by atoms with Crippen LogP contribution in [0.5, 0.6) is 5.75 Å². The first-order chi connectivity index (χ1) is 13.5. The van der Waals surface area contributed by atoms with Gasteiger partial charge in [-0.25, -0.2) is 4.79 Å². The molecule has 1 unspecified atom stereocenters. The summed E-state index contributed by atoms with van der Waals surface area (Å²) < 4.78 is 5.44. The molecule has 144 valence electrons. The van der Waals surface area contributed by atoms with Crippen molar-refractivity contribution >= 4 is 23.5 Å². The molecule has 2 aromatic rings. The van der Waals surface area contributed by atoms with Crippen LogP contribution in [0.25, 0.3) is 0 Å². The molecule has 1 atom stereocenters. The van der Waals surface area contributed by atoms with E-state index >= 15 is 0 Å². The molecule has 7 heteroatoms. The second kappa shape index (κ2) is 7.34. The highest BCUT2D eigenvalue weighted by Crippen LogP contribution is 2.30. The van der Waals surface area contributed by atoms with Crippen LogP contribution in [-0.2, 0) is 16.0 Å². The number of carbonyl (C=O) groups excluding carboxylic acids is 2. The van der Waals surface area contributed by atoms with E-state index in [2.05, 4.69) is 10.6 Å². The minimum Gasteiger partial charge on any atom is -0.493 e. The largest absolute Gasteiger partial charge is 0.493 e. The van der Waals surface area contributed by atoms with E-state index in [0.29, 0.717) is 23.4 Å². The summed E-state index contributed by atoms with van der Waals surface area (Å²) in [6, 6.07) is 10.4. The van der Waals surface area contributed by atoms with Crippen molar-refractivity contribution in [1.82, 2.24) is 5.32 Å². The van der Waals surface area contributed by atoms with Crippen LogP contribution in [0.4, 0.5) is 5.69 Å². The third-order valence-corrected chi connectivity index (χ3v) is 4.93. The highest BCUT2D eigenvalue weighted by Gasteiger charge is 2.29. The zero-order chi connectivity index (χ0) is 19.7. The maximum atomic E-state index is 12.5.